The predicted octanol–water partition coefficient (Wildman–Crippen LogP) is 5.25. The lowest BCUT2D eigenvalue weighted by Gasteiger charge is -2.41. The minimum atomic E-state index is -4.78. The minimum absolute atomic E-state index is 0.0112. The van der Waals surface area contributed by atoms with E-state index in [9.17, 15) is 37.1 Å². The zero-order chi connectivity index (χ0) is 42.2. The Labute approximate surface area is 335 Å². The van der Waals surface area contributed by atoms with E-state index < -0.39 is 53.1 Å². The molecule has 7 rings (SSSR count). The third kappa shape index (κ3) is 8.25. The Kier molecular flexibility index (Phi) is 11.3. The SMILES string of the molecule is CNC(=O)c1ccccc1Nc1cc(Nc2cc(F)c(CCN3CCN(c4ccc5c(c4)C(=O)N(C4CCC(=O)NC4=O)C5=O)C[C@@H]3C)cc2OC)ncc1C(F)(F)F. The molecule has 2 fully saturated rings. The van der Waals surface area contributed by atoms with Gasteiger partial charge in [-0.2, -0.15) is 13.2 Å². The fourth-order valence-corrected chi connectivity index (χ4v) is 7.60. The molecule has 4 aromatic rings. The first-order valence-electron chi connectivity index (χ1n) is 18.8. The number of para-hydroxylation sites is 1. The Morgan fingerprint density at radius 2 is 1.71 bits per heavy atom. The summed E-state index contributed by atoms with van der Waals surface area (Å²) in [5.74, 6) is -3.13. The van der Waals surface area contributed by atoms with Gasteiger partial charge in [-0.05, 0) is 61.7 Å². The highest BCUT2D eigenvalue weighted by Gasteiger charge is 2.45. The van der Waals surface area contributed by atoms with E-state index in [0.717, 1.165) is 16.7 Å². The van der Waals surface area contributed by atoms with Crippen molar-refractivity contribution in [3.05, 3.63) is 100 Å². The Morgan fingerprint density at radius 1 is 0.949 bits per heavy atom. The van der Waals surface area contributed by atoms with Crippen molar-refractivity contribution in [1.82, 2.24) is 25.4 Å². The smallest absolute Gasteiger partial charge is 0.419 e. The maximum atomic E-state index is 15.7. The van der Waals surface area contributed by atoms with Gasteiger partial charge in [-0.15, -0.1) is 0 Å². The van der Waals surface area contributed by atoms with Crippen molar-refractivity contribution in [2.24, 2.45) is 0 Å². The standard InChI is InChI=1S/C41H40F4N8O6/c1-22-21-52(24-8-9-25-27(17-24)40(58)53(39(25)57)33-10-11-36(54)50-38(33)56)15-14-51(22)13-12-23-16-34(59-3)32(18-29(23)42)49-35-19-31(28(20-47-35)41(43,44)45)48-30-7-5-4-6-26(30)37(55)46-2/h4-9,16-20,22,33H,10-15,21H2,1-3H3,(H,46,55)(H2,47,48,49)(H,50,54,56)/t22-,33?/m0/s1. The summed E-state index contributed by atoms with van der Waals surface area (Å²) >= 11 is 0. The average Bonchev–Trinajstić information content (AvgIpc) is 3.45. The van der Waals surface area contributed by atoms with Crippen LogP contribution in [0.4, 0.5) is 46.1 Å². The Bertz CT molecular complexity index is 2360. The zero-order valence-electron chi connectivity index (χ0n) is 32.2. The van der Waals surface area contributed by atoms with E-state index in [1.807, 2.05) is 6.92 Å². The van der Waals surface area contributed by atoms with Gasteiger partial charge in [0.1, 0.15) is 23.4 Å². The summed E-state index contributed by atoms with van der Waals surface area (Å²) in [6, 6.07) is 13.9. The molecule has 3 aliphatic rings. The number of carbonyl (C=O) groups excluding carboxylic acids is 5. The van der Waals surface area contributed by atoms with Gasteiger partial charge in [0.2, 0.25) is 11.8 Å². The van der Waals surface area contributed by atoms with Gasteiger partial charge in [0.15, 0.2) is 0 Å². The van der Waals surface area contributed by atoms with Crippen LogP contribution in [0.2, 0.25) is 0 Å². The number of benzene rings is 3. The summed E-state index contributed by atoms with van der Waals surface area (Å²) < 4.78 is 63.3. The average molecular weight is 817 g/mol. The normalized spacial score (nSPS) is 18.4. The molecule has 4 N–H and O–H groups in total. The first-order valence-corrected chi connectivity index (χ1v) is 18.8. The molecule has 1 aromatic heterocycles. The van der Waals surface area contributed by atoms with Crippen LogP contribution >= 0.6 is 0 Å². The molecule has 2 saturated heterocycles. The van der Waals surface area contributed by atoms with Crippen molar-refractivity contribution >= 4 is 58.1 Å². The number of nitrogens with one attached hydrogen (secondary N) is 4. The van der Waals surface area contributed by atoms with Gasteiger partial charge in [-0.1, -0.05) is 12.1 Å². The number of carbonyl (C=O) groups is 5. The van der Waals surface area contributed by atoms with Crippen LogP contribution in [0, 0.1) is 5.82 Å². The van der Waals surface area contributed by atoms with Crippen LogP contribution in [0.25, 0.3) is 0 Å². The number of methoxy groups -OCH3 is 1. The van der Waals surface area contributed by atoms with Crippen LogP contribution in [0.1, 0.15) is 62.0 Å². The molecular weight excluding hydrogens is 776 g/mol. The van der Waals surface area contributed by atoms with Crippen molar-refractivity contribution in [2.45, 2.75) is 44.4 Å². The summed E-state index contributed by atoms with van der Waals surface area (Å²) in [4.78, 5) is 72.1. The third-order valence-corrected chi connectivity index (χ3v) is 10.7. The second-order valence-corrected chi connectivity index (χ2v) is 14.4. The van der Waals surface area contributed by atoms with Crippen molar-refractivity contribution in [3.8, 4) is 5.75 Å². The van der Waals surface area contributed by atoms with Gasteiger partial charge in [0.25, 0.3) is 17.7 Å². The molecule has 59 heavy (non-hydrogen) atoms. The Morgan fingerprint density at radius 3 is 2.42 bits per heavy atom. The lowest BCUT2D eigenvalue weighted by molar-refractivity contribution is -0.137. The van der Waals surface area contributed by atoms with Crippen molar-refractivity contribution < 1.29 is 46.3 Å². The Hall–Kier alpha value is -6.56. The number of halogens is 4. The number of anilines is 5. The van der Waals surface area contributed by atoms with Crippen molar-refractivity contribution in [3.63, 3.8) is 0 Å². The van der Waals surface area contributed by atoms with E-state index in [1.165, 1.54) is 38.4 Å². The fraction of sp³-hybridized carbons (Fsp3) is 0.317. The van der Waals surface area contributed by atoms with E-state index in [1.54, 1.807) is 30.3 Å². The number of pyridine rings is 1. The number of aromatic nitrogens is 1. The Balaban J connectivity index is 1.01. The number of hydrogen-bond acceptors (Lipinski definition) is 11. The molecule has 14 nitrogen and oxygen atoms in total. The van der Waals surface area contributed by atoms with Crippen LogP contribution in [-0.2, 0) is 22.2 Å². The third-order valence-electron chi connectivity index (χ3n) is 10.7. The molecule has 0 radical (unpaired) electrons. The number of nitrogens with zero attached hydrogens (tertiary/aromatic N) is 4. The van der Waals surface area contributed by atoms with Crippen LogP contribution < -0.4 is 30.9 Å². The fourth-order valence-electron chi connectivity index (χ4n) is 7.60. The number of fused-ring (bicyclic) bond motifs is 1. The van der Waals surface area contributed by atoms with Gasteiger partial charge >= 0.3 is 6.18 Å². The number of piperazine rings is 1. The largest absolute Gasteiger partial charge is 0.495 e. The topological polar surface area (TPSA) is 165 Å². The molecule has 2 atom stereocenters. The molecule has 0 bridgehead atoms. The van der Waals surface area contributed by atoms with Gasteiger partial charge in [0, 0.05) is 69.7 Å². The maximum absolute atomic E-state index is 15.7. The molecule has 3 aromatic carbocycles. The molecule has 18 heteroatoms. The molecule has 1 unspecified atom stereocenters. The highest BCUT2D eigenvalue weighted by Crippen LogP contribution is 2.39. The molecule has 308 valence electrons. The van der Waals surface area contributed by atoms with Crippen molar-refractivity contribution in [1.29, 1.82) is 0 Å². The summed E-state index contributed by atoms with van der Waals surface area (Å²) in [6.07, 6.45) is -3.72. The zero-order valence-corrected chi connectivity index (χ0v) is 32.2. The predicted molar refractivity (Wildman–Crippen MR) is 209 cm³/mol. The summed E-state index contributed by atoms with van der Waals surface area (Å²) in [5, 5.41) is 10.2. The molecular formula is C41H40F4N8O6. The number of alkyl halides is 3. The van der Waals surface area contributed by atoms with Crippen molar-refractivity contribution in [2.75, 3.05) is 55.9 Å². The molecule has 0 spiro atoms. The van der Waals surface area contributed by atoms with Gasteiger partial charge in [-0.25, -0.2) is 9.37 Å². The lowest BCUT2D eigenvalue weighted by atomic mass is 10.0. The summed E-state index contributed by atoms with van der Waals surface area (Å²) in [7, 11) is 2.80. The monoisotopic (exact) mass is 816 g/mol. The number of rotatable bonds is 11. The minimum Gasteiger partial charge on any atom is -0.495 e. The van der Waals surface area contributed by atoms with E-state index in [-0.39, 0.29) is 64.2 Å². The highest BCUT2D eigenvalue weighted by atomic mass is 19.4. The van der Waals surface area contributed by atoms with Crippen LogP contribution in [-0.4, -0.2) is 96.7 Å². The van der Waals surface area contributed by atoms with Gasteiger partial charge in [0.05, 0.1) is 46.4 Å². The molecule has 5 amide bonds. The summed E-state index contributed by atoms with van der Waals surface area (Å²) in [5.41, 5.74) is 0.435. The van der Waals surface area contributed by atoms with E-state index in [4.69, 9.17) is 4.74 Å². The van der Waals surface area contributed by atoms with E-state index in [2.05, 4.69) is 36.1 Å². The molecule has 0 saturated carbocycles. The van der Waals surface area contributed by atoms with E-state index in [0.29, 0.717) is 44.4 Å². The molecule has 3 aliphatic heterocycles. The quantitative estimate of drug-likeness (QED) is 0.116. The summed E-state index contributed by atoms with van der Waals surface area (Å²) in [6.45, 7) is 4.27. The molecule has 0 aliphatic carbocycles. The lowest BCUT2D eigenvalue weighted by Crippen LogP contribution is -2.54. The van der Waals surface area contributed by atoms with Gasteiger partial charge in [-0.3, -0.25) is 39.1 Å². The maximum Gasteiger partial charge on any atom is 0.419 e. The number of ether oxygens (including phenoxy) is 1. The second-order valence-electron chi connectivity index (χ2n) is 14.4. The number of piperidine rings is 1. The van der Waals surface area contributed by atoms with E-state index >= 15 is 4.39 Å². The second kappa shape index (κ2) is 16.4. The number of imide groups is 2. The first kappa shape index (κ1) is 40.6. The number of hydrogen-bond donors (Lipinski definition) is 4. The van der Waals surface area contributed by atoms with Crippen LogP contribution in [0.5, 0.6) is 5.75 Å². The number of amides is 5. The molecule has 4 heterocycles. The van der Waals surface area contributed by atoms with Crippen LogP contribution in [0.3, 0.4) is 0 Å². The highest BCUT2D eigenvalue weighted by molar-refractivity contribution is 6.23. The van der Waals surface area contributed by atoms with Crippen LogP contribution in [0.15, 0.2) is 66.9 Å². The van der Waals surface area contributed by atoms with Gasteiger partial charge < -0.3 is 25.6 Å². The first-order chi connectivity index (χ1) is 28.2.